The number of hydrogen-bond donors (Lipinski definition) is 2. The number of likely N-dealkylation sites (N-methyl/N-ethyl adjacent to an activating group) is 1. The average Bonchev–Trinajstić information content (AvgIpc) is 3.25. The van der Waals surface area contributed by atoms with E-state index in [1.807, 2.05) is 30.3 Å². The highest BCUT2D eigenvalue weighted by Crippen LogP contribution is 2.33. The van der Waals surface area contributed by atoms with Gasteiger partial charge in [-0.15, -0.1) is 5.10 Å². The summed E-state index contributed by atoms with van der Waals surface area (Å²) in [5.41, 5.74) is 4.68. The van der Waals surface area contributed by atoms with Crippen molar-refractivity contribution in [1.29, 1.82) is 0 Å². The third-order valence-corrected chi connectivity index (χ3v) is 5.89. The van der Waals surface area contributed by atoms with E-state index < -0.39 is 0 Å². The summed E-state index contributed by atoms with van der Waals surface area (Å²) < 4.78 is 3.97. The van der Waals surface area contributed by atoms with Crippen LogP contribution in [-0.4, -0.2) is 49.9 Å². The summed E-state index contributed by atoms with van der Waals surface area (Å²) in [4.78, 5) is 10.9. The molecular weight excluding hydrogens is 376 g/mol. The van der Waals surface area contributed by atoms with Crippen LogP contribution in [0.25, 0.3) is 38.8 Å². The van der Waals surface area contributed by atoms with Gasteiger partial charge in [0.2, 0.25) is 0 Å². The Hall–Kier alpha value is -3.45. The van der Waals surface area contributed by atoms with Crippen LogP contribution in [0.2, 0.25) is 0 Å². The molecule has 0 radical (unpaired) electrons. The lowest BCUT2D eigenvalue weighted by Gasteiger charge is -2.10. The number of phenols is 1. The van der Waals surface area contributed by atoms with E-state index in [0.29, 0.717) is 11.4 Å². The van der Waals surface area contributed by atoms with Gasteiger partial charge in [-0.25, -0.2) is 14.5 Å². The molecule has 0 saturated carbocycles. The van der Waals surface area contributed by atoms with E-state index in [-0.39, 0.29) is 5.75 Å². The number of hydrogen-bond acceptors (Lipinski definition) is 4. The minimum atomic E-state index is 0.174. The van der Waals surface area contributed by atoms with Gasteiger partial charge in [0.25, 0.3) is 0 Å². The molecule has 30 heavy (non-hydrogen) atoms. The maximum Gasteiger partial charge on any atom is 0.185 e. The van der Waals surface area contributed by atoms with Gasteiger partial charge < -0.3 is 14.6 Å². The number of quaternary nitrogens is 1. The molecule has 152 valence electrons. The number of aromatic hydroxyl groups is 1. The van der Waals surface area contributed by atoms with Gasteiger partial charge in [0.15, 0.2) is 11.5 Å². The van der Waals surface area contributed by atoms with Crippen molar-refractivity contribution < 1.29 is 10.0 Å². The van der Waals surface area contributed by atoms with Gasteiger partial charge in [-0.05, 0) is 42.3 Å². The van der Waals surface area contributed by atoms with Gasteiger partial charge in [-0.1, -0.05) is 24.3 Å². The fourth-order valence-corrected chi connectivity index (χ4v) is 4.06. The van der Waals surface area contributed by atoms with Crippen LogP contribution in [0, 0.1) is 13.8 Å². The summed E-state index contributed by atoms with van der Waals surface area (Å²) in [5.74, 6) is 0.670. The molecule has 0 spiro atoms. The summed E-state index contributed by atoms with van der Waals surface area (Å²) in [6.07, 6.45) is 1.71. The zero-order valence-corrected chi connectivity index (χ0v) is 17.6. The molecule has 2 N–H and O–H groups in total. The maximum absolute atomic E-state index is 10.6. The second-order valence-corrected chi connectivity index (χ2v) is 8.18. The van der Waals surface area contributed by atoms with E-state index in [9.17, 15) is 5.11 Å². The molecule has 0 fully saturated rings. The van der Waals surface area contributed by atoms with Crippen molar-refractivity contribution in [2.75, 3.05) is 20.6 Å². The number of rotatable bonds is 4. The lowest BCUT2D eigenvalue weighted by atomic mass is 10.1. The molecule has 7 nitrogen and oxygen atoms in total. The van der Waals surface area contributed by atoms with Crippen LogP contribution in [-0.2, 0) is 6.54 Å². The topological polar surface area (TPSA) is 72.7 Å². The summed E-state index contributed by atoms with van der Waals surface area (Å²) >= 11 is 0. The number of aryl methyl sites for hydroxylation is 1. The zero-order chi connectivity index (χ0) is 21.0. The molecule has 7 heteroatoms. The normalized spacial score (nSPS) is 12.0. The highest BCUT2D eigenvalue weighted by molar-refractivity contribution is 5.95. The molecule has 0 unspecified atom stereocenters. The standard InChI is InChI=1S/C23H24N6O/c1-14-15(2)28(10-9-27(3)4)22-20(14)23-25-21(26-29(23)13-24-22)18-11-16-7-5-6-8-17(16)12-19(18)30/h5-8,11-13,30H,9-10H2,1-4H3/p+1. The molecule has 3 heterocycles. The fraction of sp³-hybridized carbons (Fsp3) is 0.261. The molecule has 5 rings (SSSR count). The number of aromatic nitrogens is 5. The lowest BCUT2D eigenvalue weighted by molar-refractivity contribution is -0.858. The van der Waals surface area contributed by atoms with E-state index in [1.165, 1.54) is 16.2 Å². The second kappa shape index (κ2) is 6.81. The smallest absolute Gasteiger partial charge is 0.185 e. The molecule has 0 aliphatic rings. The predicted molar refractivity (Wildman–Crippen MR) is 118 cm³/mol. The molecule has 0 aliphatic heterocycles. The highest BCUT2D eigenvalue weighted by Gasteiger charge is 2.20. The Balaban J connectivity index is 1.71. The first-order valence-corrected chi connectivity index (χ1v) is 10.2. The number of nitrogens with zero attached hydrogens (tertiary/aromatic N) is 5. The molecule has 0 aliphatic carbocycles. The quantitative estimate of drug-likeness (QED) is 0.485. The van der Waals surface area contributed by atoms with Gasteiger partial charge in [0, 0.05) is 5.69 Å². The predicted octanol–water partition coefficient (Wildman–Crippen LogP) is 2.37. The Morgan fingerprint density at radius 3 is 2.50 bits per heavy atom. The Morgan fingerprint density at radius 2 is 1.77 bits per heavy atom. The maximum atomic E-state index is 10.6. The molecule has 3 aromatic heterocycles. The van der Waals surface area contributed by atoms with Crippen molar-refractivity contribution in [3.63, 3.8) is 0 Å². The van der Waals surface area contributed by atoms with Crippen LogP contribution in [0.4, 0.5) is 0 Å². The van der Waals surface area contributed by atoms with Crippen LogP contribution in [0.3, 0.4) is 0 Å². The fourth-order valence-electron chi connectivity index (χ4n) is 4.06. The van der Waals surface area contributed by atoms with Gasteiger partial charge in [-0.2, -0.15) is 0 Å². The van der Waals surface area contributed by atoms with Gasteiger partial charge >= 0.3 is 0 Å². The molecule has 0 amide bonds. The monoisotopic (exact) mass is 401 g/mol. The molecular formula is C23H25N6O+. The van der Waals surface area contributed by atoms with Gasteiger partial charge in [0.05, 0.1) is 38.1 Å². The van der Waals surface area contributed by atoms with Crippen molar-refractivity contribution in [1.82, 2.24) is 24.1 Å². The average molecular weight is 401 g/mol. The van der Waals surface area contributed by atoms with Gasteiger partial charge in [-0.3, -0.25) is 0 Å². The Morgan fingerprint density at radius 1 is 1.03 bits per heavy atom. The number of benzene rings is 2. The van der Waals surface area contributed by atoms with Crippen LogP contribution < -0.4 is 4.90 Å². The largest absolute Gasteiger partial charge is 0.507 e. The molecule has 0 bridgehead atoms. The SMILES string of the molecule is Cc1c(C)n(CC[NH+](C)C)c2ncn3nc(-c4cc5ccccc5cc4O)nc3c12. The molecule has 0 atom stereocenters. The first kappa shape index (κ1) is 18.6. The number of fused-ring (bicyclic) bond motifs is 4. The minimum absolute atomic E-state index is 0.174. The van der Waals surface area contributed by atoms with Crippen molar-refractivity contribution in [2.24, 2.45) is 0 Å². The minimum Gasteiger partial charge on any atom is -0.507 e. The second-order valence-electron chi connectivity index (χ2n) is 8.18. The van der Waals surface area contributed by atoms with E-state index in [0.717, 1.165) is 40.5 Å². The number of phenolic OH excluding ortho intramolecular Hbond substituents is 1. The van der Waals surface area contributed by atoms with Crippen molar-refractivity contribution in [3.8, 4) is 17.1 Å². The van der Waals surface area contributed by atoms with Crippen LogP contribution in [0.15, 0.2) is 42.7 Å². The first-order valence-electron chi connectivity index (χ1n) is 10.2. The van der Waals surface area contributed by atoms with Crippen LogP contribution in [0.5, 0.6) is 5.75 Å². The summed E-state index contributed by atoms with van der Waals surface area (Å²) in [6.45, 7) is 6.15. The van der Waals surface area contributed by atoms with E-state index in [2.05, 4.69) is 37.6 Å². The summed E-state index contributed by atoms with van der Waals surface area (Å²) in [7, 11) is 4.31. The highest BCUT2D eigenvalue weighted by atomic mass is 16.3. The van der Waals surface area contributed by atoms with E-state index in [4.69, 9.17) is 9.97 Å². The Kier molecular flexibility index (Phi) is 4.22. The Labute approximate surface area is 174 Å². The summed E-state index contributed by atoms with van der Waals surface area (Å²) in [5, 5.41) is 18.3. The molecule has 0 saturated heterocycles. The van der Waals surface area contributed by atoms with E-state index in [1.54, 1.807) is 16.9 Å². The van der Waals surface area contributed by atoms with Crippen LogP contribution >= 0.6 is 0 Å². The third-order valence-electron chi connectivity index (χ3n) is 5.89. The van der Waals surface area contributed by atoms with E-state index >= 15 is 0 Å². The van der Waals surface area contributed by atoms with Gasteiger partial charge in [0.1, 0.15) is 17.7 Å². The van der Waals surface area contributed by atoms with Crippen molar-refractivity contribution in [3.05, 3.63) is 54.0 Å². The van der Waals surface area contributed by atoms with Crippen molar-refractivity contribution in [2.45, 2.75) is 20.4 Å². The lowest BCUT2D eigenvalue weighted by Crippen LogP contribution is -3.06. The Bertz CT molecular complexity index is 1410. The molecule has 5 aromatic rings. The zero-order valence-electron chi connectivity index (χ0n) is 17.6. The van der Waals surface area contributed by atoms with Crippen LogP contribution in [0.1, 0.15) is 11.3 Å². The third kappa shape index (κ3) is 2.81. The molecule has 2 aromatic carbocycles. The first-order chi connectivity index (χ1) is 14.4. The summed E-state index contributed by atoms with van der Waals surface area (Å²) in [6, 6.07) is 11.6. The number of nitrogens with one attached hydrogen (secondary N) is 1. The van der Waals surface area contributed by atoms with Crippen molar-refractivity contribution >= 4 is 27.5 Å².